The zero-order valence-corrected chi connectivity index (χ0v) is 13.3. The van der Waals surface area contributed by atoms with Crippen LogP contribution in [0.1, 0.15) is 45.4 Å². The number of carboxylic acids is 3. The third-order valence-electron chi connectivity index (χ3n) is 2.64. The summed E-state index contributed by atoms with van der Waals surface area (Å²) in [5.41, 5.74) is -2.19. The van der Waals surface area contributed by atoms with Crippen molar-refractivity contribution in [3.05, 3.63) is 0 Å². The number of unbranched alkanes of at least 4 members (excludes halogenated alkanes) is 3. The lowest BCUT2D eigenvalue weighted by atomic mass is 9.95. The Morgan fingerprint density at radius 2 is 1.43 bits per heavy atom. The molecule has 0 aromatic heterocycles. The van der Waals surface area contributed by atoms with Crippen LogP contribution in [-0.2, 0) is 19.1 Å². The van der Waals surface area contributed by atoms with Gasteiger partial charge in [-0.05, 0) is 12.7 Å². The van der Waals surface area contributed by atoms with Gasteiger partial charge in [-0.15, -0.1) is 0 Å². The highest BCUT2D eigenvalue weighted by atomic mass is 32.1. The minimum Gasteiger partial charge on any atom is -0.481 e. The summed E-state index contributed by atoms with van der Waals surface area (Å²) in [6, 6.07) is 0. The van der Waals surface area contributed by atoms with Crippen LogP contribution in [0.5, 0.6) is 0 Å². The molecular weight excluding hydrogens is 300 g/mol. The summed E-state index contributed by atoms with van der Waals surface area (Å²) in [6.07, 6.45) is 3.30. The molecule has 0 atom stereocenters. The van der Waals surface area contributed by atoms with Crippen LogP contribution in [0.25, 0.3) is 0 Å². The van der Waals surface area contributed by atoms with Gasteiger partial charge in [-0.3, -0.25) is 9.59 Å². The molecule has 0 aliphatic heterocycles. The molecule has 0 aromatic carbocycles. The SMILES string of the molecule is CCCCCCOC(CC(=O)O)(CC(=O)O)C(=O)O.CS. The molecule has 0 heterocycles. The van der Waals surface area contributed by atoms with E-state index in [-0.39, 0.29) is 6.61 Å². The Hall–Kier alpha value is -1.28. The van der Waals surface area contributed by atoms with Crippen molar-refractivity contribution in [3.63, 3.8) is 0 Å². The second-order valence-corrected chi connectivity index (χ2v) is 4.35. The topological polar surface area (TPSA) is 121 Å². The summed E-state index contributed by atoms with van der Waals surface area (Å²) >= 11 is 3.53. The highest BCUT2D eigenvalue weighted by Crippen LogP contribution is 2.22. The number of rotatable bonds is 11. The van der Waals surface area contributed by atoms with Gasteiger partial charge in [0.1, 0.15) is 0 Å². The zero-order valence-electron chi connectivity index (χ0n) is 12.4. The van der Waals surface area contributed by atoms with Crippen molar-refractivity contribution in [1.82, 2.24) is 0 Å². The smallest absolute Gasteiger partial charge is 0.337 e. The first-order chi connectivity index (χ1) is 9.84. The van der Waals surface area contributed by atoms with Crippen LogP contribution < -0.4 is 0 Å². The lowest BCUT2D eigenvalue weighted by Gasteiger charge is -2.26. The lowest BCUT2D eigenvalue weighted by molar-refractivity contribution is -0.178. The maximum atomic E-state index is 11.2. The Kier molecular flexibility index (Phi) is 13.1. The average molecular weight is 324 g/mol. The van der Waals surface area contributed by atoms with Crippen molar-refractivity contribution >= 4 is 30.5 Å². The fraction of sp³-hybridized carbons (Fsp3) is 0.769. The number of carboxylic acid groups (broad SMARTS) is 3. The molecule has 21 heavy (non-hydrogen) atoms. The van der Waals surface area contributed by atoms with Gasteiger partial charge in [-0.25, -0.2) is 4.79 Å². The summed E-state index contributed by atoms with van der Waals surface area (Å²) in [6.45, 7) is 2.05. The monoisotopic (exact) mass is 324 g/mol. The largest absolute Gasteiger partial charge is 0.481 e. The van der Waals surface area contributed by atoms with Crippen molar-refractivity contribution in [1.29, 1.82) is 0 Å². The van der Waals surface area contributed by atoms with Crippen molar-refractivity contribution in [2.45, 2.75) is 51.0 Å². The first kappa shape index (κ1) is 22.0. The summed E-state index contributed by atoms with van der Waals surface area (Å²) in [5, 5.41) is 26.5. The molecule has 124 valence electrons. The van der Waals surface area contributed by atoms with Gasteiger partial charge in [0.15, 0.2) is 5.60 Å². The molecule has 0 aliphatic rings. The third kappa shape index (κ3) is 10.1. The van der Waals surface area contributed by atoms with Gasteiger partial charge in [0.25, 0.3) is 0 Å². The number of ether oxygens (including phenoxy) is 1. The molecule has 0 saturated carbocycles. The molecule has 0 rings (SSSR count). The van der Waals surface area contributed by atoms with E-state index in [0.717, 1.165) is 19.3 Å². The van der Waals surface area contributed by atoms with Gasteiger partial charge in [0.05, 0.1) is 12.8 Å². The summed E-state index contributed by atoms with van der Waals surface area (Å²) in [7, 11) is 0. The average Bonchev–Trinajstić information content (AvgIpc) is 2.39. The minimum absolute atomic E-state index is 0.0346. The summed E-state index contributed by atoms with van der Waals surface area (Å²) < 4.78 is 5.10. The Morgan fingerprint density at radius 1 is 0.952 bits per heavy atom. The molecule has 0 unspecified atom stereocenters. The highest BCUT2D eigenvalue weighted by Gasteiger charge is 2.44. The molecule has 0 bridgehead atoms. The number of hydrogen-bond acceptors (Lipinski definition) is 5. The molecule has 3 N–H and O–H groups in total. The van der Waals surface area contributed by atoms with Crippen molar-refractivity contribution in [2.75, 3.05) is 12.9 Å². The Morgan fingerprint density at radius 3 is 1.76 bits per heavy atom. The molecule has 0 amide bonds. The van der Waals surface area contributed by atoms with Gasteiger partial charge in [0, 0.05) is 6.61 Å². The molecule has 0 saturated heterocycles. The van der Waals surface area contributed by atoms with Gasteiger partial charge in [0.2, 0.25) is 0 Å². The molecule has 8 heteroatoms. The molecule has 0 aliphatic carbocycles. The van der Waals surface area contributed by atoms with Gasteiger partial charge < -0.3 is 20.1 Å². The van der Waals surface area contributed by atoms with E-state index in [9.17, 15) is 14.4 Å². The van der Waals surface area contributed by atoms with Crippen LogP contribution in [0.3, 0.4) is 0 Å². The van der Waals surface area contributed by atoms with Gasteiger partial charge in [-0.2, -0.15) is 12.6 Å². The number of aliphatic carboxylic acids is 3. The van der Waals surface area contributed by atoms with Crippen LogP contribution in [0, 0.1) is 0 Å². The predicted molar refractivity (Wildman–Crippen MR) is 79.9 cm³/mol. The fourth-order valence-electron chi connectivity index (χ4n) is 1.66. The summed E-state index contributed by atoms with van der Waals surface area (Å²) in [4.78, 5) is 32.6. The predicted octanol–water partition coefficient (Wildman–Crippen LogP) is 1.90. The molecule has 0 fully saturated rings. The molecule has 0 aromatic rings. The number of thiol groups is 1. The fourth-order valence-corrected chi connectivity index (χ4v) is 1.66. The van der Waals surface area contributed by atoms with Crippen LogP contribution in [-0.4, -0.2) is 51.7 Å². The van der Waals surface area contributed by atoms with Crippen LogP contribution in [0.15, 0.2) is 0 Å². The molecule has 0 radical (unpaired) electrons. The minimum atomic E-state index is -2.19. The maximum absolute atomic E-state index is 11.2. The lowest BCUT2D eigenvalue weighted by Crippen LogP contribution is -2.45. The number of hydrogen-bond donors (Lipinski definition) is 4. The van der Waals surface area contributed by atoms with E-state index in [1.165, 1.54) is 0 Å². The Bertz CT molecular complexity index is 314. The van der Waals surface area contributed by atoms with Crippen molar-refractivity contribution in [3.8, 4) is 0 Å². The van der Waals surface area contributed by atoms with Gasteiger partial charge in [-0.1, -0.05) is 26.2 Å². The van der Waals surface area contributed by atoms with E-state index in [0.29, 0.717) is 6.42 Å². The summed E-state index contributed by atoms with van der Waals surface area (Å²) in [5.74, 6) is -4.37. The van der Waals surface area contributed by atoms with Gasteiger partial charge >= 0.3 is 17.9 Å². The van der Waals surface area contributed by atoms with Crippen LogP contribution in [0.4, 0.5) is 0 Å². The van der Waals surface area contributed by atoms with Crippen molar-refractivity contribution in [2.24, 2.45) is 0 Å². The second kappa shape index (κ2) is 12.5. The standard InChI is InChI=1S/C12H20O7.CH4S/c1-2-3-4-5-6-19-12(11(17)18,7-9(13)14)8-10(15)16;1-2/h2-8H2,1H3,(H,13,14)(H,15,16)(H,17,18);2H,1H3. The molecule has 0 spiro atoms. The Labute approximate surface area is 129 Å². The van der Waals surface area contributed by atoms with Crippen LogP contribution in [0.2, 0.25) is 0 Å². The van der Waals surface area contributed by atoms with E-state index >= 15 is 0 Å². The first-order valence-electron chi connectivity index (χ1n) is 6.59. The van der Waals surface area contributed by atoms with E-state index in [2.05, 4.69) is 12.6 Å². The molecule has 7 nitrogen and oxygen atoms in total. The van der Waals surface area contributed by atoms with E-state index < -0.39 is 36.4 Å². The van der Waals surface area contributed by atoms with E-state index in [4.69, 9.17) is 20.1 Å². The number of carbonyl (C=O) groups is 3. The van der Waals surface area contributed by atoms with E-state index in [1.54, 1.807) is 6.26 Å². The zero-order chi connectivity index (χ0) is 16.9. The highest BCUT2D eigenvalue weighted by molar-refractivity contribution is 7.79. The Balaban J connectivity index is 0. The quantitative estimate of drug-likeness (QED) is 0.338. The second-order valence-electron chi connectivity index (χ2n) is 4.35. The first-order valence-corrected chi connectivity index (χ1v) is 7.49. The van der Waals surface area contributed by atoms with E-state index in [1.807, 2.05) is 6.92 Å². The maximum Gasteiger partial charge on any atom is 0.337 e. The third-order valence-corrected chi connectivity index (χ3v) is 2.64. The molecular formula is C13H24O7S. The van der Waals surface area contributed by atoms with Crippen molar-refractivity contribution < 1.29 is 34.4 Å². The van der Waals surface area contributed by atoms with Crippen LogP contribution >= 0.6 is 12.6 Å². The normalized spacial score (nSPS) is 10.4.